The summed E-state index contributed by atoms with van der Waals surface area (Å²) in [7, 11) is 0. The fourth-order valence-electron chi connectivity index (χ4n) is 2.38. The molecule has 0 saturated carbocycles. The number of benzene rings is 1. The predicted octanol–water partition coefficient (Wildman–Crippen LogP) is 1.49. The fraction of sp³-hybridized carbons (Fsp3) is 0.538. The largest absolute Gasteiger partial charge is 0.491 e. The van der Waals surface area contributed by atoms with Crippen LogP contribution in [0.4, 0.5) is 5.69 Å². The first-order valence-electron chi connectivity index (χ1n) is 6.11. The minimum atomic E-state index is 0.811. The maximum absolute atomic E-state index is 5.75. The van der Waals surface area contributed by atoms with Gasteiger partial charge >= 0.3 is 0 Å². The zero-order chi connectivity index (χ0) is 10.8. The van der Waals surface area contributed by atoms with Crippen molar-refractivity contribution in [2.24, 2.45) is 5.92 Å². The van der Waals surface area contributed by atoms with Gasteiger partial charge in [0.25, 0.3) is 0 Å². The molecule has 1 N–H and O–H groups in total. The molecule has 1 aromatic rings. The maximum Gasteiger partial charge on any atom is 0.142 e. The summed E-state index contributed by atoms with van der Waals surface area (Å²) in [5.41, 5.74) is 1.27. The van der Waals surface area contributed by atoms with Crippen LogP contribution in [-0.2, 0) is 0 Å². The van der Waals surface area contributed by atoms with Crippen LogP contribution in [0.5, 0.6) is 5.75 Å². The quantitative estimate of drug-likeness (QED) is 0.814. The molecule has 0 aromatic heterocycles. The van der Waals surface area contributed by atoms with Crippen LogP contribution in [0.1, 0.15) is 6.42 Å². The topological polar surface area (TPSA) is 24.5 Å². The molecule has 3 nitrogen and oxygen atoms in total. The summed E-state index contributed by atoms with van der Waals surface area (Å²) in [4.78, 5) is 2.48. The molecule has 2 aliphatic heterocycles. The van der Waals surface area contributed by atoms with Crippen molar-refractivity contribution in [2.75, 3.05) is 37.7 Å². The molecule has 2 aliphatic rings. The van der Waals surface area contributed by atoms with Crippen LogP contribution in [0.15, 0.2) is 24.3 Å². The molecule has 0 bridgehead atoms. The molecule has 1 saturated heterocycles. The molecule has 86 valence electrons. The lowest BCUT2D eigenvalue weighted by molar-refractivity contribution is 0.320. The normalized spacial score (nSPS) is 20.6. The average Bonchev–Trinajstić information content (AvgIpc) is 2.46. The van der Waals surface area contributed by atoms with Gasteiger partial charge in [-0.25, -0.2) is 0 Å². The molecule has 3 heteroatoms. The second-order valence-electron chi connectivity index (χ2n) is 4.64. The van der Waals surface area contributed by atoms with Gasteiger partial charge < -0.3 is 15.0 Å². The van der Waals surface area contributed by atoms with E-state index in [-0.39, 0.29) is 0 Å². The highest BCUT2D eigenvalue weighted by Crippen LogP contribution is 2.31. The first kappa shape index (κ1) is 9.97. The van der Waals surface area contributed by atoms with Crippen molar-refractivity contribution in [3.63, 3.8) is 0 Å². The zero-order valence-corrected chi connectivity index (χ0v) is 9.48. The third-order valence-corrected chi connectivity index (χ3v) is 3.38. The fourth-order valence-corrected chi connectivity index (χ4v) is 2.38. The van der Waals surface area contributed by atoms with Crippen molar-refractivity contribution in [1.29, 1.82) is 0 Å². The predicted molar refractivity (Wildman–Crippen MR) is 65.1 cm³/mol. The lowest BCUT2D eigenvalue weighted by Gasteiger charge is -2.34. The van der Waals surface area contributed by atoms with Crippen LogP contribution in [0.2, 0.25) is 0 Å². The monoisotopic (exact) mass is 218 g/mol. The molecule has 2 heterocycles. The van der Waals surface area contributed by atoms with E-state index in [1.807, 2.05) is 6.07 Å². The van der Waals surface area contributed by atoms with Gasteiger partial charge in [-0.3, -0.25) is 0 Å². The third kappa shape index (κ3) is 1.87. The lowest BCUT2D eigenvalue weighted by Crippen LogP contribution is -2.48. The average molecular weight is 218 g/mol. The van der Waals surface area contributed by atoms with E-state index in [0.29, 0.717) is 0 Å². The van der Waals surface area contributed by atoms with E-state index in [9.17, 15) is 0 Å². The van der Waals surface area contributed by atoms with Gasteiger partial charge in [0.05, 0.1) is 12.3 Å². The van der Waals surface area contributed by atoms with E-state index in [1.54, 1.807) is 0 Å². The van der Waals surface area contributed by atoms with Gasteiger partial charge in [0.1, 0.15) is 5.75 Å². The van der Waals surface area contributed by atoms with Gasteiger partial charge in [0.2, 0.25) is 0 Å². The standard InChI is InChI=1S/C13H18N2O/c1-2-5-13-12(4-1)15(6-3-7-16-13)10-11-8-14-9-11/h1-2,4-5,11,14H,3,6-10H2. The molecule has 0 spiro atoms. The highest BCUT2D eigenvalue weighted by atomic mass is 16.5. The summed E-state index contributed by atoms with van der Waals surface area (Å²) in [6, 6.07) is 8.40. The summed E-state index contributed by atoms with van der Waals surface area (Å²) in [6.45, 7) is 5.45. The van der Waals surface area contributed by atoms with E-state index in [1.165, 1.54) is 18.8 Å². The van der Waals surface area contributed by atoms with Gasteiger partial charge in [-0.1, -0.05) is 12.1 Å². The number of fused-ring (bicyclic) bond motifs is 1. The Bertz CT molecular complexity index is 363. The SMILES string of the molecule is c1ccc2c(c1)OCCCN2CC1CNC1. The Balaban J connectivity index is 1.81. The first-order valence-corrected chi connectivity index (χ1v) is 6.11. The van der Waals surface area contributed by atoms with E-state index in [0.717, 1.165) is 37.8 Å². The van der Waals surface area contributed by atoms with Crippen molar-refractivity contribution in [3.05, 3.63) is 24.3 Å². The molecule has 0 unspecified atom stereocenters. The highest BCUT2D eigenvalue weighted by molar-refractivity contribution is 5.59. The smallest absolute Gasteiger partial charge is 0.142 e. The summed E-state index contributed by atoms with van der Waals surface area (Å²) in [5.74, 6) is 1.86. The molecular formula is C13H18N2O. The Morgan fingerprint density at radius 2 is 2.19 bits per heavy atom. The second-order valence-corrected chi connectivity index (χ2v) is 4.64. The lowest BCUT2D eigenvalue weighted by atomic mass is 10.0. The van der Waals surface area contributed by atoms with Crippen molar-refractivity contribution >= 4 is 5.69 Å². The minimum Gasteiger partial charge on any atom is -0.491 e. The summed E-state index contributed by atoms with van der Waals surface area (Å²) in [6.07, 6.45) is 1.12. The highest BCUT2D eigenvalue weighted by Gasteiger charge is 2.23. The number of rotatable bonds is 2. The Hall–Kier alpha value is -1.22. The van der Waals surface area contributed by atoms with Crippen molar-refractivity contribution < 1.29 is 4.74 Å². The van der Waals surface area contributed by atoms with Gasteiger partial charge in [0, 0.05) is 32.1 Å². The van der Waals surface area contributed by atoms with Crippen LogP contribution in [-0.4, -0.2) is 32.8 Å². The van der Waals surface area contributed by atoms with Gasteiger partial charge in [-0.05, 0) is 18.6 Å². The van der Waals surface area contributed by atoms with Gasteiger partial charge in [-0.2, -0.15) is 0 Å². The van der Waals surface area contributed by atoms with Crippen LogP contribution >= 0.6 is 0 Å². The molecule has 0 aliphatic carbocycles. The minimum absolute atomic E-state index is 0.811. The third-order valence-electron chi connectivity index (χ3n) is 3.38. The molecular weight excluding hydrogens is 200 g/mol. The Labute approximate surface area is 96.4 Å². The van der Waals surface area contributed by atoms with Crippen LogP contribution < -0.4 is 15.0 Å². The van der Waals surface area contributed by atoms with Gasteiger partial charge in [-0.15, -0.1) is 0 Å². The van der Waals surface area contributed by atoms with Crippen LogP contribution in [0, 0.1) is 5.92 Å². The van der Waals surface area contributed by atoms with E-state index in [4.69, 9.17) is 4.74 Å². The number of ether oxygens (including phenoxy) is 1. The summed E-state index contributed by atoms with van der Waals surface area (Å²) >= 11 is 0. The molecule has 16 heavy (non-hydrogen) atoms. The zero-order valence-electron chi connectivity index (χ0n) is 9.48. The molecule has 1 aromatic carbocycles. The van der Waals surface area contributed by atoms with Crippen LogP contribution in [0.25, 0.3) is 0 Å². The van der Waals surface area contributed by atoms with E-state index in [2.05, 4.69) is 28.4 Å². The second kappa shape index (κ2) is 4.34. The summed E-state index contributed by atoms with van der Waals surface area (Å²) < 4.78 is 5.75. The number of nitrogens with zero attached hydrogens (tertiary/aromatic N) is 1. The number of hydrogen-bond donors (Lipinski definition) is 1. The Morgan fingerprint density at radius 1 is 1.31 bits per heavy atom. The first-order chi connectivity index (χ1) is 7.93. The summed E-state index contributed by atoms with van der Waals surface area (Å²) in [5, 5.41) is 3.33. The van der Waals surface area contributed by atoms with Crippen LogP contribution in [0.3, 0.4) is 0 Å². The number of nitrogens with one attached hydrogen (secondary N) is 1. The molecule has 3 rings (SSSR count). The molecule has 0 amide bonds. The molecule has 0 radical (unpaired) electrons. The van der Waals surface area contributed by atoms with E-state index >= 15 is 0 Å². The Kier molecular flexibility index (Phi) is 2.70. The number of para-hydroxylation sites is 2. The molecule has 0 atom stereocenters. The van der Waals surface area contributed by atoms with Gasteiger partial charge in [0.15, 0.2) is 0 Å². The Morgan fingerprint density at radius 3 is 3.00 bits per heavy atom. The van der Waals surface area contributed by atoms with Crippen molar-refractivity contribution in [2.45, 2.75) is 6.42 Å². The van der Waals surface area contributed by atoms with Crippen molar-refractivity contribution in [1.82, 2.24) is 5.32 Å². The number of hydrogen-bond acceptors (Lipinski definition) is 3. The van der Waals surface area contributed by atoms with E-state index < -0.39 is 0 Å². The molecule has 1 fully saturated rings. The van der Waals surface area contributed by atoms with Crippen molar-refractivity contribution in [3.8, 4) is 5.75 Å². The maximum atomic E-state index is 5.75. The number of anilines is 1.